The summed E-state index contributed by atoms with van der Waals surface area (Å²) in [4.78, 5) is 29.4. The second-order valence-electron chi connectivity index (χ2n) is 6.87. The van der Waals surface area contributed by atoms with Crippen LogP contribution in [-0.4, -0.2) is 53.8 Å². The Kier molecular flexibility index (Phi) is 5.51. The molecule has 0 aliphatic carbocycles. The number of hydrogen-bond acceptors (Lipinski definition) is 3. The van der Waals surface area contributed by atoms with Crippen LogP contribution in [0.2, 0.25) is 0 Å². The van der Waals surface area contributed by atoms with E-state index in [1.54, 1.807) is 0 Å². The third-order valence-electron chi connectivity index (χ3n) is 5.26. The molecule has 0 radical (unpaired) electrons. The molecule has 0 bridgehead atoms. The van der Waals surface area contributed by atoms with Gasteiger partial charge >= 0.3 is 0 Å². The summed E-state index contributed by atoms with van der Waals surface area (Å²) >= 11 is 0. The maximum Gasteiger partial charge on any atom is 0.253 e. The van der Waals surface area contributed by atoms with E-state index in [2.05, 4.69) is 0 Å². The van der Waals surface area contributed by atoms with Crippen LogP contribution >= 0.6 is 0 Å². The average Bonchev–Trinajstić information content (AvgIpc) is 2.67. The average molecular weight is 329 g/mol. The predicted octanol–water partition coefficient (Wildman–Crippen LogP) is 1.88. The summed E-state index contributed by atoms with van der Waals surface area (Å²) in [6.07, 6.45) is 4.96. The predicted molar refractivity (Wildman–Crippen MR) is 93.5 cm³/mol. The molecule has 1 aromatic rings. The van der Waals surface area contributed by atoms with E-state index in [-0.39, 0.29) is 23.8 Å². The summed E-state index contributed by atoms with van der Waals surface area (Å²) in [7, 11) is 0. The van der Waals surface area contributed by atoms with Gasteiger partial charge in [0.25, 0.3) is 5.91 Å². The molecule has 2 amide bonds. The summed E-state index contributed by atoms with van der Waals surface area (Å²) in [6.45, 7) is 2.60. The van der Waals surface area contributed by atoms with Gasteiger partial charge in [-0.15, -0.1) is 0 Å². The lowest BCUT2D eigenvalue weighted by Gasteiger charge is -2.40. The van der Waals surface area contributed by atoms with E-state index in [1.807, 2.05) is 40.1 Å². The lowest BCUT2D eigenvalue weighted by molar-refractivity contribution is -0.140. The summed E-state index contributed by atoms with van der Waals surface area (Å²) < 4.78 is 0. The van der Waals surface area contributed by atoms with Crippen molar-refractivity contribution in [3.05, 3.63) is 35.9 Å². The maximum absolute atomic E-state index is 13.0. The molecule has 2 N–H and O–H groups in total. The number of nitrogens with zero attached hydrogens (tertiary/aromatic N) is 2. The van der Waals surface area contributed by atoms with E-state index >= 15 is 0 Å². The Balaban J connectivity index is 1.66. The molecule has 0 saturated carbocycles. The number of carbonyl (C=O) groups excluding carboxylic acids is 2. The normalized spacial score (nSPS) is 24.7. The van der Waals surface area contributed by atoms with Crippen molar-refractivity contribution in [1.29, 1.82) is 0 Å². The van der Waals surface area contributed by atoms with Gasteiger partial charge in [0.15, 0.2) is 0 Å². The Morgan fingerprint density at radius 3 is 2.58 bits per heavy atom. The van der Waals surface area contributed by atoms with E-state index in [0.717, 1.165) is 45.2 Å². The number of likely N-dealkylation sites (tertiary alicyclic amines) is 2. The lowest BCUT2D eigenvalue weighted by atomic mass is 9.93. The van der Waals surface area contributed by atoms with E-state index in [9.17, 15) is 9.59 Å². The molecule has 1 aromatic carbocycles. The van der Waals surface area contributed by atoms with E-state index in [1.165, 1.54) is 0 Å². The van der Waals surface area contributed by atoms with Crippen molar-refractivity contribution in [2.24, 2.45) is 11.7 Å². The molecule has 0 spiro atoms. The van der Waals surface area contributed by atoms with E-state index in [4.69, 9.17) is 5.73 Å². The summed E-state index contributed by atoms with van der Waals surface area (Å²) in [5, 5.41) is 0. The Bertz CT molecular complexity index is 575. The van der Waals surface area contributed by atoms with Crippen molar-refractivity contribution >= 4 is 11.8 Å². The molecule has 130 valence electrons. The lowest BCUT2D eigenvalue weighted by Crippen LogP contribution is -2.53. The van der Waals surface area contributed by atoms with Crippen LogP contribution in [0.1, 0.15) is 42.5 Å². The monoisotopic (exact) mass is 329 g/mol. The third-order valence-corrected chi connectivity index (χ3v) is 5.26. The summed E-state index contributed by atoms with van der Waals surface area (Å²) in [5.74, 6) is 0.136. The Morgan fingerprint density at radius 1 is 1.04 bits per heavy atom. The van der Waals surface area contributed by atoms with Gasteiger partial charge in [0.1, 0.15) is 0 Å². The van der Waals surface area contributed by atoms with Crippen molar-refractivity contribution in [3.63, 3.8) is 0 Å². The highest BCUT2D eigenvalue weighted by molar-refractivity contribution is 5.94. The molecule has 2 unspecified atom stereocenters. The molecule has 24 heavy (non-hydrogen) atoms. The number of benzene rings is 1. The van der Waals surface area contributed by atoms with Crippen molar-refractivity contribution in [3.8, 4) is 0 Å². The van der Waals surface area contributed by atoms with Crippen LogP contribution in [0.4, 0.5) is 0 Å². The van der Waals surface area contributed by atoms with Crippen LogP contribution in [0.25, 0.3) is 0 Å². The Morgan fingerprint density at radius 2 is 1.83 bits per heavy atom. The van der Waals surface area contributed by atoms with Crippen molar-refractivity contribution in [1.82, 2.24) is 9.80 Å². The highest BCUT2D eigenvalue weighted by Crippen LogP contribution is 2.24. The molecular formula is C19H27N3O2. The first-order chi connectivity index (χ1) is 11.7. The second kappa shape index (κ2) is 7.79. The van der Waals surface area contributed by atoms with Gasteiger partial charge in [0.05, 0.1) is 5.92 Å². The van der Waals surface area contributed by atoms with E-state index in [0.29, 0.717) is 18.7 Å². The number of nitrogens with two attached hydrogens (primary N) is 1. The van der Waals surface area contributed by atoms with Crippen LogP contribution in [0, 0.1) is 5.92 Å². The van der Waals surface area contributed by atoms with Crippen LogP contribution in [0.15, 0.2) is 30.3 Å². The fraction of sp³-hybridized carbons (Fsp3) is 0.579. The molecule has 2 aliphatic heterocycles. The van der Waals surface area contributed by atoms with Gasteiger partial charge in [-0.05, 0) is 44.2 Å². The minimum atomic E-state index is -0.0847. The fourth-order valence-corrected chi connectivity index (χ4v) is 3.90. The number of rotatable bonds is 3. The van der Waals surface area contributed by atoms with Gasteiger partial charge in [-0.2, -0.15) is 0 Å². The molecule has 0 aromatic heterocycles. The Hall–Kier alpha value is -1.88. The molecule has 3 rings (SSSR count). The Labute approximate surface area is 143 Å². The molecule has 5 nitrogen and oxygen atoms in total. The SMILES string of the molecule is NCC1CCCCN1C(=O)C1CCCN(C(=O)c2ccccc2)C1. The standard InChI is InChI=1S/C19H27N3O2/c20-13-17-10-4-5-12-22(17)19(24)16-9-6-11-21(14-16)18(23)15-7-2-1-3-8-15/h1-3,7-8,16-17H,4-6,9-14,20H2. The first-order valence-electron chi connectivity index (χ1n) is 9.05. The highest BCUT2D eigenvalue weighted by Gasteiger charge is 2.34. The fourth-order valence-electron chi connectivity index (χ4n) is 3.90. The number of hydrogen-bond donors (Lipinski definition) is 1. The maximum atomic E-state index is 13.0. The molecular weight excluding hydrogens is 302 g/mol. The summed E-state index contributed by atoms with van der Waals surface area (Å²) in [6, 6.07) is 9.50. The highest BCUT2D eigenvalue weighted by atomic mass is 16.2. The van der Waals surface area contributed by atoms with Crippen LogP contribution in [-0.2, 0) is 4.79 Å². The minimum Gasteiger partial charge on any atom is -0.338 e. The molecule has 2 fully saturated rings. The van der Waals surface area contributed by atoms with Gasteiger partial charge in [0, 0.05) is 37.8 Å². The summed E-state index contributed by atoms with van der Waals surface area (Å²) in [5.41, 5.74) is 6.55. The zero-order valence-electron chi connectivity index (χ0n) is 14.2. The molecule has 2 atom stereocenters. The van der Waals surface area contributed by atoms with Gasteiger partial charge in [-0.3, -0.25) is 9.59 Å². The molecule has 2 heterocycles. The number of amides is 2. The minimum absolute atomic E-state index is 0.0297. The topological polar surface area (TPSA) is 66.6 Å². The van der Waals surface area contributed by atoms with Crippen LogP contribution in [0.5, 0.6) is 0 Å². The first kappa shape index (κ1) is 17.0. The zero-order valence-corrected chi connectivity index (χ0v) is 14.2. The van der Waals surface area contributed by atoms with Crippen LogP contribution < -0.4 is 5.73 Å². The molecule has 2 aliphatic rings. The second-order valence-corrected chi connectivity index (χ2v) is 6.87. The van der Waals surface area contributed by atoms with Gasteiger partial charge in [0.2, 0.25) is 5.91 Å². The largest absolute Gasteiger partial charge is 0.338 e. The van der Waals surface area contributed by atoms with Gasteiger partial charge in [-0.25, -0.2) is 0 Å². The van der Waals surface area contributed by atoms with Gasteiger partial charge in [-0.1, -0.05) is 18.2 Å². The third kappa shape index (κ3) is 3.61. The smallest absolute Gasteiger partial charge is 0.253 e. The molecule has 2 saturated heterocycles. The van der Waals surface area contributed by atoms with Crippen molar-refractivity contribution in [2.45, 2.75) is 38.1 Å². The van der Waals surface area contributed by atoms with Crippen LogP contribution in [0.3, 0.4) is 0 Å². The van der Waals surface area contributed by atoms with E-state index < -0.39 is 0 Å². The number of carbonyl (C=O) groups is 2. The number of piperidine rings is 2. The zero-order chi connectivity index (χ0) is 16.9. The first-order valence-corrected chi connectivity index (χ1v) is 9.05. The molecule has 5 heteroatoms. The van der Waals surface area contributed by atoms with Crippen molar-refractivity contribution in [2.75, 3.05) is 26.2 Å². The van der Waals surface area contributed by atoms with Gasteiger partial charge < -0.3 is 15.5 Å². The van der Waals surface area contributed by atoms with Crippen molar-refractivity contribution < 1.29 is 9.59 Å². The quantitative estimate of drug-likeness (QED) is 0.921.